The Morgan fingerprint density at radius 1 is 1.36 bits per heavy atom. The lowest BCUT2D eigenvalue weighted by molar-refractivity contribution is 0.600. The van der Waals surface area contributed by atoms with Crippen molar-refractivity contribution in [2.75, 3.05) is 12.3 Å². The van der Waals surface area contributed by atoms with E-state index in [-0.39, 0.29) is 5.75 Å². The summed E-state index contributed by atoms with van der Waals surface area (Å²) in [4.78, 5) is 0.495. The van der Waals surface area contributed by atoms with Gasteiger partial charge in [-0.25, -0.2) is 8.42 Å². The molecule has 1 heterocycles. The molecule has 3 nitrogen and oxygen atoms in total. The van der Waals surface area contributed by atoms with Crippen molar-refractivity contribution in [2.24, 2.45) is 0 Å². The van der Waals surface area contributed by atoms with Gasteiger partial charge in [-0.2, -0.15) is 0 Å². The van der Waals surface area contributed by atoms with Crippen LogP contribution in [-0.4, -0.2) is 20.7 Å². The number of rotatable bonds is 0. The standard InChI is InChI=1S/C7H13NO2S/c1-6-7(2)11(9,10)5-3-4-8-6/h8H,3-5H2,1-2H3. The molecule has 1 rings (SSSR count). The molecule has 64 valence electrons. The first-order valence-corrected chi connectivity index (χ1v) is 5.33. The summed E-state index contributed by atoms with van der Waals surface area (Å²) in [5.41, 5.74) is 0.794. The number of allylic oxidation sites excluding steroid dienone is 2. The Kier molecular flexibility index (Phi) is 2.23. The molecule has 0 aromatic carbocycles. The smallest absolute Gasteiger partial charge is 0.176 e. The van der Waals surface area contributed by atoms with Gasteiger partial charge in [0.05, 0.1) is 10.7 Å². The molecule has 0 atom stereocenters. The molecule has 0 spiro atoms. The molecule has 0 aromatic rings. The minimum atomic E-state index is -2.93. The van der Waals surface area contributed by atoms with E-state index in [1.807, 2.05) is 0 Å². The van der Waals surface area contributed by atoms with Gasteiger partial charge >= 0.3 is 0 Å². The first kappa shape index (κ1) is 8.59. The Hall–Kier alpha value is -0.510. The number of hydrogen-bond donors (Lipinski definition) is 1. The van der Waals surface area contributed by atoms with Crippen LogP contribution in [0, 0.1) is 0 Å². The molecule has 0 aliphatic carbocycles. The van der Waals surface area contributed by atoms with E-state index < -0.39 is 9.84 Å². The van der Waals surface area contributed by atoms with Gasteiger partial charge in [0.2, 0.25) is 0 Å². The third-order valence-electron chi connectivity index (χ3n) is 1.97. The highest BCUT2D eigenvalue weighted by molar-refractivity contribution is 7.95. The van der Waals surface area contributed by atoms with Crippen LogP contribution in [0.2, 0.25) is 0 Å². The topological polar surface area (TPSA) is 46.2 Å². The Morgan fingerprint density at radius 3 is 2.64 bits per heavy atom. The van der Waals surface area contributed by atoms with Gasteiger partial charge in [0.15, 0.2) is 9.84 Å². The lowest BCUT2D eigenvalue weighted by Gasteiger charge is -2.03. The zero-order chi connectivity index (χ0) is 8.48. The van der Waals surface area contributed by atoms with Crippen LogP contribution in [0.1, 0.15) is 20.3 Å². The lowest BCUT2D eigenvalue weighted by atomic mass is 10.4. The van der Waals surface area contributed by atoms with E-state index in [1.165, 1.54) is 0 Å². The normalized spacial score (nSPS) is 24.2. The van der Waals surface area contributed by atoms with Crippen LogP contribution in [0.3, 0.4) is 0 Å². The minimum Gasteiger partial charge on any atom is -0.388 e. The molecule has 0 fully saturated rings. The summed E-state index contributed by atoms with van der Waals surface area (Å²) < 4.78 is 22.6. The maximum atomic E-state index is 11.3. The second kappa shape index (κ2) is 2.85. The van der Waals surface area contributed by atoms with E-state index in [4.69, 9.17) is 0 Å². The fourth-order valence-electron chi connectivity index (χ4n) is 1.05. The van der Waals surface area contributed by atoms with E-state index in [9.17, 15) is 8.42 Å². The van der Waals surface area contributed by atoms with Gasteiger partial charge in [-0.15, -0.1) is 0 Å². The summed E-state index contributed by atoms with van der Waals surface area (Å²) in [6, 6.07) is 0. The fourth-order valence-corrected chi connectivity index (χ4v) is 2.42. The molecule has 1 N–H and O–H groups in total. The zero-order valence-electron chi connectivity index (χ0n) is 6.85. The van der Waals surface area contributed by atoms with Crippen LogP contribution in [-0.2, 0) is 9.84 Å². The number of sulfone groups is 1. The maximum Gasteiger partial charge on any atom is 0.176 e. The molecule has 0 unspecified atom stereocenters. The van der Waals surface area contributed by atoms with Gasteiger partial charge in [-0.1, -0.05) is 0 Å². The van der Waals surface area contributed by atoms with Gasteiger partial charge in [0.25, 0.3) is 0 Å². The molecule has 1 aliphatic rings. The largest absolute Gasteiger partial charge is 0.388 e. The average molecular weight is 175 g/mol. The van der Waals surface area contributed by atoms with Crippen molar-refractivity contribution in [3.8, 4) is 0 Å². The van der Waals surface area contributed by atoms with Crippen molar-refractivity contribution < 1.29 is 8.42 Å². The molecule has 0 bridgehead atoms. The Bertz CT molecular complexity index is 277. The Balaban J connectivity index is 3.08. The average Bonchev–Trinajstić information content (AvgIpc) is 2.03. The second-order valence-electron chi connectivity index (χ2n) is 2.78. The van der Waals surface area contributed by atoms with E-state index in [1.54, 1.807) is 13.8 Å². The van der Waals surface area contributed by atoms with Crippen LogP contribution in [0.15, 0.2) is 10.6 Å². The molecule has 0 saturated carbocycles. The molecule has 0 saturated heterocycles. The summed E-state index contributed by atoms with van der Waals surface area (Å²) in [5.74, 6) is 0.281. The third kappa shape index (κ3) is 1.74. The maximum absolute atomic E-state index is 11.3. The van der Waals surface area contributed by atoms with Crippen LogP contribution in [0.4, 0.5) is 0 Å². The van der Waals surface area contributed by atoms with Gasteiger partial charge in [0, 0.05) is 12.2 Å². The molecule has 4 heteroatoms. The summed E-state index contributed by atoms with van der Waals surface area (Å²) in [5, 5.41) is 3.05. The number of hydrogen-bond acceptors (Lipinski definition) is 3. The van der Waals surface area contributed by atoms with E-state index in [0.29, 0.717) is 11.3 Å². The van der Waals surface area contributed by atoms with Crippen LogP contribution in [0.5, 0.6) is 0 Å². The fraction of sp³-hybridized carbons (Fsp3) is 0.714. The third-order valence-corrected chi connectivity index (χ3v) is 4.04. The summed E-state index contributed by atoms with van der Waals surface area (Å²) in [6.45, 7) is 4.23. The molecule has 0 radical (unpaired) electrons. The number of nitrogens with one attached hydrogen (secondary N) is 1. The molecular weight excluding hydrogens is 162 g/mol. The molecule has 11 heavy (non-hydrogen) atoms. The second-order valence-corrected chi connectivity index (χ2v) is 5.03. The van der Waals surface area contributed by atoms with Crippen molar-refractivity contribution >= 4 is 9.84 Å². The predicted molar refractivity (Wildman–Crippen MR) is 44.8 cm³/mol. The Morgan fingerprint density at radius 2 is 2.00 bits per heavy atom. The van der Waals surface area contributed by atoms with E-state index in [2.05, 4.69) is 5.32 Å². The van der Waals surface area contributed by atoms with Crippen LogP contribution >= 0.6 is 0 Å². The monoisotopic (exact) mass is 175 g/mol. The predicted octanol–water partition coefficient (Wildman–Crippen LogP) is 0.646. The minimum absolute atomic E-state index is 0.281. The van der Waals surface area contributed by atoms with Crippen molar-refractivity contribution in [2.45, 2.75) is 20.3 Å². The molecule has 0 aromatic heterocycles. The highest BCUT2D eigenvalue weighted by Crippen LogP contribution is 2.14. The highest BCUT2D eigenvalue weighted by atomic mass is 32.2. The quantitative estimate of drug-likeness (QED) is 0.588. The van der Waals surface area contributed by atoms with Crippen molar-refractivity contribution in [3.05, 3.63) is 10.6 Å². The van der Waals surface area contributed by atoms with E-state index >= 15 is 0 Å². The molecule has 0 amide bonds. The van der Waals surface area contributed by atoms with Gasteiger partial charge in [-0.3, -0.25) is 0 Å². The van der Waals surface area contributed by atoms with Gasteiger partial charge < -0.3 is 5.32 Å². The first-order chi connectivity index (χ1) is 5.04. The Labute approximate surface area is 67.4 Å². The summed E-state index contributed by atoms with van der Waals surface area (Å²) in [6.07, 6.45) is 0.705. The highest BCUT2D eigenvalue weighted by Gasteiger charge is 2.18. The van der Waals surface area contributed by atoms with Crippen LogP contribution < -0.4 is 5.32 Å². The summed E-state index contributed by atoms with van der Waals surface area (Å²) >= 11 is 0. The van der Waals surface area contributed by atoms with Gasteiger partial charge in [0.1, 0.15) is 0 Å². The molecule has 1 aliphatic heterocycles. The van der Waals surface area contributed by atoms with Gasteiger partial charge in [-0.05, 0) is 20.3 Å². The molecular formula is C7H13NO2S. The van der Waals surface area contributed by atoms with Crippen molar-refractivity contribution in [3.63, 3.8) is 0 Å². The summed E-state index contributed by atoms with van der Waals surface area (Å²) in [7, 11) is -2.93. The van der Waals surface area contributed by atoms with Crippen LogP contribution in [0.25, 0.3) is 0 Å². The SMILES string of the molecule is CC1=C(C)S(=O)(=O)CCCN1. The first-order valence-electron chi connectivity index (χ1n) is 3.68. The lowest BCUT2D eigenvalue weighted by Crippen LogP contribution is -2.11. The van der Waals surface area contributed by atoms with Crippen molar-refractivity contribution in [1.29, 1.82) is 0 Å². The van der Waals surface area contributed by atoms with Crippen molar-refractivity contribution in [1.82, 2.24) is 5.32 Å². The zero-order valence-corrected chi connectivity index (χ0v) is 7.66. The van der Waals surface area contributed by atoms with E-state index in [0.717, 1.165) is 12.2 Å².